The van der Waals surface area contributed by atoms with Gasteiger partial charge in [0.05, 0.1) is 6.10 Å². The van der Waals surface area contributed by atoms with E-state index in [4.69, 9.17) is 4.74 Å². The van der Waals surface area contributed by atoms with Gasteiger partial charge in [0.25, 0.3) is 0 Å². The van der Waals surface area contributed by atoms with E-state index in [0.717, 1.165) is 5.75 Å². The number of aryl methyl sites for hydroxylation is 1. The predicted octanol–water partition coefficient (Wildman–Crippen LogP) is 4.92. The number of ether oxygens (including phenoxy) is 1. The van der Waals surface area contributed by atoms with Crippen LogP contribution in [-0.2, 0) is 0 Å². The summed E-state index contributed by atoms with van der Waals surface area (Å²) in [7, 11) is 0. The molecule has 2 heteroatoms. The van der Waals surface area contributed by atoms with Crippen molar-refractivity contribution in [2.75, 3.05) is 5.32 Å². The van der Waals surface area contributed by atoms with Crippen molar-refractivity contribution in [3.05, 3.63) is 23.8 Å². The van der Waals surface area contributed by atoms with Gasteiger partial charge >= 0.3 is 0 Å². The van der Waals surface area contributed by atoms with Crippen molar-refractivity contribution in [3.8, 4) is 5.75 Å². The largest absolute Gasteiger partial charge is 0.491 e. The van der Waals surface area contributed by atoms with E-state index in [1.54, 1.807) is 0 Å². The van der Waals surface area contributed by atoms with Crippen molar-refractivity contribution in [3.63, 3.8) is 0 Å². The topological polar surface area (TPSA) is 21.3 Å². The first-order valence-corrected chi connectivity index (χ1v) is 7.69. The van der Waals surface area contributed by atoms with Crippen LogP contribution in [-0.4, -0.2) is 12.1 Å². The first-order chi connectivity index (χ1) is 9.15. The monoisotopic (exact) mass is 261 g/mol. The Bertz CT molecular complexity index is 392. The number of benzene rings is 1. The highest BCUT2D eigenvalue weighted by Crippen LogP contribution is 2.26. The third-order valence-electron chi connectivity index (χ3n) is 3.78. The first-order valence-electron chi connectivity index (χ1n) is 7.69. The molecule has 0 saturated heterocycles. The molecule has 1 N–H and O–H groups in total. The van der Waals surface area contributed by atoms with Gasteiger partial charge in [-0.1, -0.05) is 25.7 Å². The fraction of sp³-hybridized carbons (Fsp3) is 0.647. The van der Waals surface area contributed by atoms with Gasteiger partial charge < -0.3 is 10.1 Å². The van der Waals surface area contributed by atoms with Crippen molar-refractivity contribution >= 4 is 5.69 Å². The van der Waals surface area contributed by atoms with Crippen molar-refractivity contribution in [2.24, 2.45) is 0 Å². The molecular weight excluding hydrogens is 234 g/mol. The van der Waals surface area contributed by atoms with E-state index in [1.165, 1.54) is 49.8 Å². The SMILES string of the molecule is Cc1cc(OC(C)C)ccc1NC1CCCCCC1. The summed E-state index contributed by atoms with van der Waals surface area (Å²) in [6.45, 7) is 6.28. The van der Waals surface area contributed by atoms with Crippen LogP contribution in [0.5, 0.6) is 5.75 Å². The second-order valence-electron chi connectivity index (χ2n) is 5.98. The summed E-state index contributed by atoms with van der Waals surface area (Å²) >= 11 is 0. The van der Waals surface area contributed by atoms with Crippen molar-refractivity contribution < 1.29 is 4.74 Å². The molecule has 0 atom stereocenters. The minimum absolute atomic E-state index is 0.236. The van der Waals surface area contributed by atoms with Gasteiger partial charge in [0.15, 0.2) is 0 Å². The zero-order chi connectivity index (χ0) is 13.7. The molecule has 0 bridgehead atoms. The second kappa shape index (κ2) is 6.83. The summed E-state index contributed by atoms with van der Waals surface area (Å²) in [6.07, 6.45) is 8.39. The molecule has 0 amide bonds. The van der Waals surface area contributed by atoms with Gasteiger partial charge in [-0.25, -0.2) is 0 Å². The molecule has 1 fully saturated rings. The average molecular weight is 261 g/mol. The van der Waals surface area contributed by atoms with E-state index in [-0.39, 0.29) is 6.10 Å². The van der Waals surface area contributed by atoms with Crippen molar-refractivity contribution in [1.82, 2.24) is 0 Å². The van der Waals surface area contributed by atoms with Crippen LogP contribution in [0.2, 0.25) is 0 Å². The standard InChI is InChI=1S/C17H27NO/c1-13(2)19-16-10-11-17(14(3)12-16)18-15-8-6-4-5-7-9-15/h10-13,15,18H,4-9H2,1-3H3. The Balaban J connectivity index is 1.99. The van der Waals surface area contributed by atoms with E-state index >= 15 is 0 Å². The van der Waals surface area contributed by atoms with Crippen molar-refractivity contribution in [2.45, 2.75) is 71.4 Å². The first kappa shape index (κ1) is 14.2. The van der Waals surface area contributed by atoms with Crippen LogP contribution in [0.1, 0.15) is 57.9 Å². The van der Waals surface area contributed by atoms with E-state index in [9.17, 15) is 0 Å². The highest BCUT2D eigenvalue weighted by Gasteiger charge is 2.13. The van der Waals surface area contributed by atoms with Gasteiger partial charge in [-0.05, 0) is 57.4 Å². The zero-order valence-electron chi connectivity index (χ0n) is 12.5. The quantitative estimate of drug-likeness (QED) is 0.777. The molecule has 106 valence electrons. The summed E-state index contributed by atoms with van der Waals surface area (Å²) in [5, 5.41) is 3.71. The normalized spacial score (nSPS) is 17.3. The zero-order valence-corrected chi connectivity index (χ0v) is 12.5. The lowest BCUT2D eigenvalue weighted by atomic mass is 10.1. The number of hydrogen-bond donors (Lipinski definition) is 1. The molecule has 1 saturated carbocycles. The molecule has 0 unspecified atom stereocenters. The van der Waals surface area contributed by atoms with E-state index < -0.39 is 0 Å². The van der Waals surface area contributed by atoms with E-state index in [1.807, 2.05) is 0 Å². The maximum absolute atomic E-state index is 5.73. The van der Waals surface area contributed by atoms with Gasteiger partial charge in [-0.15, -0.1) is 0 Å². The number of rotatable bonds is 4. The molecule has 19 heavy (non-hydrogen) atoms. The lowest BCUT2D eigenvalue weighted by Crippen LogP contribution is -2.18. The molecule has 2 rings (SSSR count). The fourth-order valence-electron chi connectivity index (χ4n) is 2.79. The average Bonchev–Trinajstić information content (AvgIpc) is 2.60. The Morgan fingerprint density at radius 1 is 1.11 bits per heavy atom. The highest BCUT2D eigenvalue weighted by atomic mass is 16.5. The van der Waals surface area contributed by atoms with Crippen LogP contribution in [0.15, 0.2) is 18.2 Å². The summed E-state index contributed by atoms with van der Waals surface area (Å²) in [4.78, 5) is 0. The summed E-state index contributed by atoms with van der Waals surface area (Å²) < 4.78 is 5.73. The minimum atomic E-state index is 0.236. The molecule has 1 aliphatic rings. The molecule has 1 aromatic carbocycles. The van der Waals surface area contributed by atoms with Gasteiger partial charge in [0.1, 0.15) is 5.75 Å². The van der Waals surface area contributed by atoms with Crippen LogP contribution < -0.4 is 10.1 Å². The minimum Gasteiger partial charge on any atom is -0.491 e. The Kier molecular flexibility index (Phi) is 5.12. The Morgan fingerprint density at radius 3 is 2.37 bits per heavy atom. The fourth-order valence-corrected chi connectivity index (χ4v) is 2.79. The van der Waals surface area contributed by atoms with E-state index in [0.29, 0.717) is 6.04 Å². The summed E-state index contributed by atoms with van der Waals surface area (Å²) in [6, 6.07) is 7.03. The summed E-state index contributed by atoms with van der Waals surface area (Å²) in [5.74, 6) is 0.971. The van der Waals surface area contributed by atoms with Crippen LogP contribution in [0.25, 0.3) is 0 Å². The summed E-state index contributed by atoms with van der Waals surface area (Å²) in [5.41, 5.74) is 2.55. The molecule has 1 aliphatic carbocycles. The maximum Gasteiger partial charge on any atom is 0.120 e. The third-order valence-corrected chi connectivity index (χ3v) is 3.78. The molecule has 0 spiro atoms. The van der Waals surface area contributed by atoms with Crippen LogP contribution in [0.4, 0.5) is 5.69 Å². The number of hydrogen-bond acceptors (Lipinski definition) is 2. The maximum atomic E-state index is 5.73. The lowest BCUT2D eigenvalue weighted by Gasteiger charge is -2.20. The number of anilines is 1. The third kappa shape index (κ3) is 4.45. The Morgan fingerprint density at radius 2 is 1.79 bits per heavy atom. The lowest BCUT2D eigenvalue weighted by molar-refractivity contribution is 0.242. The molecule has 0 aliphatic heterocycles. The van der Waals surface area contributed by atoms with Crippen molar-refractivity contribution in [1.29, 1.82) is 0 Å². The van der Waals surface area contributed by atoms with Gasteiger partial charge in [-0.3, -0.25) is 0 Å². The van der Waals surface area contributed by atoms with E-state index in [2.05, 4.69) is 44.3 Å². The second-order valence-corrected chi connectivity index (χ2v) is 5.98. The van der Waals surface area contributed by atoms with Crippen LogP contribution in [0.3, 0.4) is 0 Å². The molecule has 0 radical (unpaired) electrons. The predicted molar refractivity (Wildman–Crippen MR) is 82.1 cm³/mol. The van der Waals surface area contributed by atoms with Gasteiger partial charge in [0.2, 0.25) is 0 Å². The molecule has 0 aromatic heterocycles. The van der Waals surface area contributed by atoms with Crippen LogP contribution in [0, 0.1) is 6.92 Å². The van der Waals surface area contributed by atoms with Crippen LogP contribution >= 0.6 is 0 Å². The Hall–Kier alpha value is -1.18. The molecule has 2 nitrogen and oxygen atoms in total. The molecule has 0 heterocycles. The Labute approximate surface area is 117 Å². The smallest absolute Gasteiger partial charge is 0.120 e. The molecular formula is C17H27NO. The van der Waals surface area contributed by atoms with Gasteiger partial charge in [-0.2, -0.15) is 0 Å². The highest BCUT2D eigenvalue weighted by molar-refractivity contribution is 5.54. The van der Waals surface area contributed by atoms with Gasteiger partial charge in [0, 0.05) is 11.7 Å². The molecule has 1 aromatic rings. The number of nitrogens with one attached hydrogen (secondary N) is 1.